The van der Waals surface area contributed by atoms with E-state index in [4.69, 9.17) is 11.5 Å². The predicted octanol–water partition coefficient (Wildman–Crippen LogP) is 4.22. The Morgan fingerprint density at radius 3 is 0.923 bits per heavy atom. The highest BCUT2D eigenvalue weighted by Crippen LogP contribution is 2.31. The molecule has 142 valence electrons. The van der Waals surface area contributed by atoms with Crippen LogP contribution in [-0.4, -0.2) is 5.78 Å². The molecule has 0 saturated carbocycles. The van der Waals surface area contributed by atoms with Crippen LogP contribution in [0, 0.1) is 46.5 Å². The molecule has 26 heavy (non-hydrogen) atoms. The fraction of sp³-hybridized carbons (Fsp3) is 0.133. The Kier molecular flexibility index (Phi) is 6.18. The Bertz CT molecular complexity index is 769. The Hall–Kier alpha value is -2.85. The molecule has 0 unspecified atom stereocenters. The van der Waals surface area contributed by atoms with E-state index < -0.39 is 74.8 Å². The molecule has 0 radical (unpaired) electrons. The zero-order valence-electron chi connectivity index (χ0n) is 13.1. The molecule has 0 aliphatic carbocycles. The number of hydrogen-bond acceptors (Lipinski definition) is 3. The maximum absolute atomic E-state index is 13.6. The second kappa shape index (κ2) is 7.58. The summed E-state index contributed by atoms with van der Waals surface area (Å²) in [6.07, 6.45) is 0. The van der Waals surface area contributed by atoms with Gasteiger partial charge in [-0.3, -0.25) is 4.79 Å². The molecule has 2 aromatic rings. The average Bonchev–Trinajstić information content (AvgIpc) is 2.63. The minimum Gasteiger partial charge on any atom is -0.394 e. The van der Waals surface area contributed by atoms with Crippen LogP contribution in [-0.2, 0) is 0 Å². The molecule has 4 N–H and O–H groups in total. The first kappa shape index (κ1) is 21.2. The number of nitrogens with two attached hydrogens (primary N) is 2. The maximum Gasteiger partial charge on any atom is 0.205 e. The molecule has 2 rings (SSSR count). The summed E-state index contributed by atoms with van der Waals surface area (Å²) in [6, 6.07) is 0. The fourth-order valence-electron chi connectivity index (χ4n) is 1.82. The molecule has 0 heterocycles. The van der Waals surface area contributed by atoms with Crippen molar-refractivity contribution >= 4 is 17.2 Å². The van der Waals surface area contributed by atoms with Crippen LogP contribution < -0.4 is 11.5 Å². The quantitative estimate of drug-likeness (QED) is 0.352. The van der Waals surface area contributed by atoms with Crippen LogP contribution in [0.2, 0.25) is 0 Å². The van der Waals surface area contributed by atoms with Gasteiger partial charge in [-0.15, -0.1) is 0 Å². The summed E-state index contributed by atoms with van der Waals surface area (Å²) >= 11 is 0. The van der Waals surface area contributed by atoms with E-state index in [9.17, 15) is 39.9 Å². The number of rotatable bonds is 2. The van der Waals surface area contributed by atoms with Crippen molar-refractivity contribution < 1.29 is 39.9 Å². The van der Waals surface area contributed by atoms with Crippen LogP contribution in [0.15, 0.2) is 0 Å². The molecule has 0 saturated heterocycles. The molecule has 0 amide bonds. The van der Waals surface area contributed by atoms with Gasteiger partial charge >= 0.3 is 0 Å². The van der Waals surface area contributed by atoms with Crippen molar-refractivity contribution in [3.8, 4) is 0 Å². The first-order valence-corrected chi connectivity index (χ1v) is 6.79. The Labute approximate surface area is 141 Å². The van der Waals surface area contributed by atoms with Crippen molar-refractivity contribution in [2.45, 2.75) is 13.8 Å². The summed E-state index contributed by atoms with van der Waals surface area (Å²) in [6.45, 7) is 4.00. The van der Waals surface area contributed by atoms with Gasteiger partial charge in [-0.25, -0.2) is 35.1 Å². The molecule has 0 fully saturated rings. The summed E-state index contributed by atoms with van der Waals surface area (Å²) in [7, 11) is 0. The van der Waals surface area contributed by atoms with Crippen LogP contribution in [0.4, 0.5) is 46.5 Å². The third kappa shape index (κ3) is 3.04. The van der Waals surface area contributed by atoms with Crippen molar-refractivity contribution in [2.75, 3.05) is 11.5 Å². The van der Waals surface area contributed by atoms with Gasteiger partial charge in [-0.2, -0.15) is 0 Å². The number of hydrogen-bond donors (Lipinski definition) is 2. The van der Waals surface area contributed by atoms with E-state index in [0.29, 0.717) is 0 Å². The predicted molar refractivity (Wildman–Crippen MR) is 76.2 cm³/mol. The monoisotopic (exact) mass is 386 g/mol. The van der Waals surface area contributed by atoms with Gasteiger partial charge < -0.3 is 11.5 Å². The highest BCUT2D eigenvalue weighted by atomic mass is 19.2. The van der Waals surface area contributed by atoms with Gasteiger partial charge in [-0.1, -0.05) is 13.8 Å². The van der Waals surface area contributed by atoms with E-state index in [0.717, 1.165) is 0 Å². The lowest BCUT2D eigenvalue weighted by Crippen LogP contribution is -2.18. The van der Waals surface area contributed by atoms with E-state index in [1.165, 1.54) is 0 Å². The smallest absolute Gasteiger partial charge is 0.205 e. The van der Waals surface area contributed by atoms with Crippen LogP contribution in [0.1, 0.15) is 29.8 Å². The second-order valence-corrected chi connectivity index (χ2v) is 4.42. The van der Waals surface area contributed by atoms with E-state index in [1.54, 1.807) is 0 Å². The zero-order chi connectivity index (χ0) is 20.5. The Balaban J connectivity index is 0.00000163. The largest absolute Gasteiger partial charge is 0.394 e. The van der Waals surface area contributed by atoms with Gasteiger partial charge in [0, 0.05) is 0 Å². The summed E-state index contributed by atoms with van der Waals surface area (Å²) < 4.78 is 108. The zero-order valence-corrected chi connectivity index (χ0v) is 13.1. The number of halogens is 8. The molecule has 2 aromatic carbocycles. The summed E-state index contributed by atoms with van der Waals surface area (Å²) in [5, 5.41) is 0. The lowest BCUT2D eigenvalue weighted by Gasteiger charge is -2.11. The van der Waals surface area contributed by atoms with Crippen molar-refractivity contribution in [1.82, 2.24) is 0 Å². The van der Waals surface area contributed by atoms with Crippen molar-refractivity contribution in [2.24, 2.45) is 0 Å². The first-order valence-electron chi connectivity index (χ1n) is 6.79. The molecule has 0 atom stereocenters. The Morgan fingerprint density at radius 1 is 0.538 bits per heavy atom. The van der Waals surface area contributed by atoms with Gasteiger partial charge in [-0.05, 0) is 0 Å². The summed E-state index contributed by atoms with van der Waals surface area (Å²) in [5.41, 5.74) is 1.85. The molecule has 0 bridgehead atoms. The molecule has 3 nitrogen and oxygen atoms in total. The number of ketones is 1. The third-order valence-corrected chi connectivity index (χ3v) is 3.05. The van der Waals surface area contributed by atoms with Crippen LogP contribution in [0.5, 0.6) is 0 Å². The number of carbonyl (C=O) groups is 1. The summed E-state index contributed by atoms with van der Waals surface area (Å²) in [5.74, 6) is -20.9. The minimum absolute atomic E-state index is 1.64. The van der Waals surface area contributed by atoms with Gasteiger partial charge in [0.15, 0.2) is 46.5 Å². The van der Waals surface area contributed by atoms with E-state index in [-0.39, 0.29) is 0 Å². The second-order valence-electron chi connectivity index (χ2n) is 4.42. The number of anilines is 2. The van der Waals surface area contributed by atoms with Crippen LogP contribution in [0.3, 0.4) is 0 Å². The number of nitrogen functional groups attached to an aromatic ring is 2. The van der Waals surface area contributed by atoms with Crippen molar-refractivity contribution in [1.29, 1.82) is 0 Å². The van der Waals surface area contributed by atoms with Gasteiger partial charge in [0.2, 0.25) is 5.78 Å². The molecule has 0 spiro atoms. The third-order valence-electron chi connectivity index (χ3n) is 3.05. The normalized spacial score (nSPS) is 10.4. The lowest BCUT2D eigenvalue weighted by atomic mass is 9.99. The topological polar surface area (TPSA) is 69.1 Å². The van der Waals surface area contributed by atoms with Crippen LogP contribution in [0.25, 0.3) is 0 Å². The van der Waals surface area contributed by atoms with Gasteiger partial charge in [0.25, 0.3) is 0 Å². The standard InChI is InChI=1S/C13H4F8N2O.C2H6/c14-3-1(4(15)8(19)11(22)7(3)18)13(24)2-5(16)9(20)12(23)10(21)6(2)17;1-2/h22-23H2;1-2H3. The minimum atomic E-state index is -2.40. The van der Waals surface area contributed by atoms with Gasteiger partial charge in [0.1, 0.15) is 22.5 Å². The molecular weight excluding hydrogens is 376 g/mol. The van der Waals surface area contributed by atoms with E-state index in [2.05, 4.69) is 0 Å². The molecule has 11 heteroatoms. The molecular formula is C15H10F8N2O. The highest BCUT2D eigenvalue weighted by molar-refractivity contribution is 6.10. The van der Waals surface area contributed by atoms with Crippen molar-refractivity contribution in [3.63, 3.8) is 0 Å². The number of benzene rings is 2. The molecule has 0 aliphatic rings. The summed E-state index contributed by atoms with van der Waals surface area (Å²) in [4.78, 5) is 11.9. The van der Waals surface area contributed by atoms with E-state index in [1.807, 2.05) is 13.8 Å². The molecule has 0 aromatic heterocycles. The average molecular weight is 386 g/mol. The fourth-order valence-corrected chi connectivity index (χ4v) is 1.82. The number of carbonyl (C=O) groups excluding carboxylic acids is 1. The molecule has 0 aliphatic heterocycles. The SMILES string of the molecule is CC.Nc1c(F)c(F)c(C(=O)c2c(F)c(F)c(N)c(F)c2F)c(F)c1F. The van der Waals surface area contributed by atoms with Gasteiger partial charge in [0.05, 0.1) is 0 Å². The first-order chi connectivity index (χ1) is 12.0. The lowest BCUT2D eigenvalue weighted by molar-refractivity contribution is 0.101. The van der Waals surface area contributed by atoms with Crippen molar-refractivity contribution in [3.05, 3.63) is 57.7 Å². The Morgan fingerprint density at radius 2 is 0.731 bits per heavy atom. The van der Waals surface area contributed by atoms with E-state index >= 15 is 0 Å². The van der Waals surface area contributed by atoms with Crippen LogP contribution >= 0.6 is 0 Å². The maximum atomic E-state index is 13.6. The highest BCUT2D eigenvalue weighted by Gasteiger charge is 2.35.